The molecular weight excluding hydrogens is 283 g/mol. The zero-order chi connectivity index (χ0) is 12.4. The van der Waals surface area contributed by atoms with E-state index in [0.29, 0.717) is 13.1 Å². The molecule has 0 aliphatic heterocycles. The summed E-state index contributed by atoms with van der Waals surface area (Å²) in [6.45, 7) is 3.21. The van der Waals surface area contributed by atoms with Crippen LogP contribution in [0, 0.1) is 12.7 Å². The van der Waals surface area contributed by atoms with Crippen molar-refractivity contribution in [1.29, 1.82) is 0 Å². The minimum absolute atomic E-state index is 0.224. The summed E-state index contributed by atoms with van der Waals surface area (Å²) < 4.78 is 16.1. The van der Waals surface area contributed by atoms with E-state index in [-0.39, 0.29) is 5.82 Å². The maximum Gasteiger partial charge on any atom is 0.124 e. The molecule has 0 spiro atoms. The van der Waals surface area contributed by atoms with Crippen LogP contribution in [0.15, 0.2) is 34.9 Å². The lowest BCUT2D eigenvalue weighted by Gasteiger charge is -2.08. The molecule has 2 N–H and O–H groups in total. The Balaban J connectivity index is 2.28. The summed E-state index contributed by atoms with van der Waals surface area (Å²) in [6.07, 6.45) is 1.98. The lowest BCUT2D eigenvalue weighted by atomic mass is 10.2. The van der Waals surface area contributed by atoms with Gasteiger partial charge in [0.15, 0.2) is 0 Å². The van der Waals surface area contributed by atoms with Gasteiger partial charge in [0, 0.05) is 29.5 Å². The van der Waals surface area contributed by atoms with Gasteiger partial charge >= 0.3 is 0 Å². The fourth-order valence-electron chi connectivity index (χ4n) is 1.88. The molecule has 0 atom stereocenters. The zero-order valence-corrected chi connectivity index (χ0v) is 11.2. The molecule has 1 heterocycles. The first kappa shape index (κ1) is 12.3. The van der Waals surface area contributed by atoms with Crippen molar-refractivity contribution >= 4 is 15.9 Å². The molecule has 2 nitrogen and oxygen atoms in total. The second kappa shape index (κ2) is 5.02. The number of halogens is 2. The molecule has 0 saturated carbocycles. The van der Waals surface area contributed by atoms with Crippen LogP contribution in [0.2, 0.25) is 0 Å². The number of nitrogens with zero attached hydrogens (tertiary/aromatic N) is 1. The molecule has 0 radical (unpaired) electrons. The van der Waals surface area contributed by atoms with Gasteiger partial charge in [0.2, 0.25) is 0 Å². The van der Waals surface area contributed by atoms with Gasteiger partial charge < -0.3 is 10.3 Å². The van der Waals surface area contributed by atoms with E-state index in [1.165, 1.54) is 6.07 Å². The molecule has 0 unspecified atom stereocenters. The Bertz CT molecular complexity index is 514. The summed E-state index contributed by atoms with van der Waals surface area (Å²) in [6, 6.07) is 6.93. The number of rotatable bonds is 3. The largest absolute Gasteiger partial charge is 0.347 e. The van der Waals surface area contributed by atoms with Gasteiger partial charge in [0.05, 0.1) is 0 Å². The second-order valence-corrected chi connectivity index (χ2v) is 4.95. The number of benzene rings is 1. The summed E-state index contributed by atoms with van der Waals surface area (Å²) in [4.78, 5) is 0. The van der Waals surface area contributed by atoms with Crippen molar-refractivity contribution in [3.05, 3.63) is 57.6 Å². The maximum absolute atomic E-state index is 13.2. The Labute approximate surface area is 108 Å². The topological polar surface area (TPSA) is 30.9 Å². The van der Waals surface area contributed by atoms with Gasteiger partial charge in [-0.25, -0.2) is 4.39 Å². The summed E-state index contributed by atoms with van der Waals surface area (Å²) in [5.41, 5.74) is 8.81. The molecule has 0 aliphatic carbocycles. The van der Waals surface area contributed by atoms with E-state index < -0.39 is 0 Å². The monoisotopic (exact) mass is 296 g/mol. The Morgan fingerprint density at radius 1 is 1.35 bits per heavy atom. The van der Waals surface area contributed by atoms with Crippen molar-refractivity contribution in [3.63, 3.8) is 0 Å². The minimum Gasteiger partial charge on any atom is -0.347 e. The van der Waals surface area contributed by atoms with Crippen molar-refractivity contribution in [2.24, 2.45) is 5.73 Å². The van der Waals surface area contributed by atoms with Gasteiger partial charge in [0.25, 0.3) is 0 Å². The van der Waals surface area contributed by atoms with E-state index in [0.717, 1.165) is 21.3 Å². The van der Waals surface area contributed by atoms with Crippen LogP contribution in [-0.4, -0.2) is 4.57 Å². The van der Waals surface area contributed by atoms with Crippen molar-refractivity contribution < 1.29 is 4.39 Å². The average Bonchev–Trinajstić information content (AvgIpc) is 2.58. The van der Waals surface area contributed by atoms with Crippen LogP contribution in [0.5, 0.6) is 0 Å². The highest BCUT2D eigenvalue weighted by molar-refractivity contribution is 9.10. The third kappa shape index (κ3) is 2.76. The number of hydrogen-bond acceptors (Lipinski definition) is 1. The Hall–Kier alpha value is -1.13. The molecule has 1 aromatic heterocycles. The minimum atomic E-state index is -0.224. The zero-order valence-electron chi connectivity index (χ0n) is 9.58. The quantitative estimate of drug-likeness (QED) is 0.926. The highest BCUT2D eigenvalue weighted by atomic mass is 79.9. The number of aromatic nitrogens is 1. The Morgan fingerprint density at radius 2 is 2.12 bits per heavy atom. The van der Waals surface area contributed by atoms with Gasteiger partial charge in [-0.05, 0) is 42.3 Å². The molecule has 0 fully saturated rings. The van der Waals surface area contributed by atoms with Crippen LogP contribution in [-0.2, 0) is 13.1 Å². The smallest absolute Gasteiger partial charge is 0.124 e. The summed E-state index contributed by atoms with van der Waals surface area (Å²) in [5, 5.41) is 0. The highest BCUT2D eigenvalue weighted by Crippen LogP contribution is 2.17. The highest BCUT2D eigenvalue weighted by Gasteiger charge is 2.05. The molecule has 2 aromatic rings. The molecule has 90 valence electrons. The van der Waals surface area contributed by atoms with E-state index >= 15 is 0 Å². The first-order valence-electron chi connectivity index (χ1n) is 5.40. The van der Waals surface area contributed by atoms with Crippen molar-refractivity contribution in [1.82, 2.24) is 4.57 Å². The molecule has 4 heteroatoms. The molecule has 0 bridgehead atoms. The first-order valence-corrected chi connectivity index (χ1v) is 6.19. The Morgan fingerprint density at radius 3 is 2.71 bits per heavy atom. The van der Waals surface area contributed by atoms with Crippen molar-refractivity contribution in [2.45, 2.75) is 20.0 Å². The predicted octanol–water partition coefficient (Wildman–Crippen LogP) is 3.21. The van der Waals surface area contributed by atoms with Crippen LogP contribution < -0.4 is 5.73 Å². The summed E-state index contributed by atoms with van der Waals surface area (Å²) in [5.74, 6) is -0.224. The number of nitrogens with two attached hydrogens (primary N) is 1. The lowest BCUT2D eigenvalue weighted by molar-refractivity contribution is 0.622. The van der Waals surface area contributed by atoms with Crippen LogP contribution >= 0.6 is 15.9 Å². The van der Waals surface area contributed by atoms with E-state index in [2.05, 4.69) is 20.5 Å². The van der Waals surface area contributed by atoms with Crippen LogP contribution in [0.1, 0.15) is 16.8 Å². The summed E-state index contributed by atoms with van der Waals surface area (Å²) in [7, 11) is 0. The molecule has 0 aliphatic rings. The van der Waals surface area contributed by atoms with Crippen LogP contribution in [0.25, 0.3) is 0 Å². The van der Waals surface area contributed by atoms with E-state index in [4.69, 9.17) is 5.73 Å². The van der Waals surface area contributed by atoms with Crippen LogP contribution in [0.4, 0.5) is 4.39 Å². The van der Waals surface area contributed by atoms with Gasteiger partial charge in [0.1, 0.15) is 5.82 Å². The van der Waals surface area contributed by atoms with Crippen molar-refractivity contribution in [3.8, 4) is 0 Å². The van der Waals surface area contributed by atoms with Gasteiger partial charge in [-0.2, -0.15) is 0 Å². The normalized spacial score (nSPS) is 10.8. The molecular formula is C13H14BrFN2. The average molecular weight is 297 g/mol. The fraction of sp³-hybridized carbons (Fsp3) is 0.231. The van der Waals surface area contributed by atoms with Gasteiger partial charge in [-0.3, -0.25) is 0 Å². The third-order valence-corrected chi connectivity index (χ3v) is 3.30. The van der Waals surface area contributed by atoms with Crippen LogP contribution in [0.3, 0.4) is 0 Å². The Kier molecular flexibility index (Phi) is 3.64. The third-order valence-electron chi connectivity index (χ3n) is 2.85. The molecule has 1 aromatic carbocycles. The molecule has 17 heavy (non-hydrogen) atoms. The predicted molar refractivity (Wildman–Crippen MR) is 70.3 cm³/mol. The van der Waals surface area contributed by atoms with Crippen molar-refractivity contribution in [2.75, 3.05) is 0 Å². The van der Waals surface area contributed by atoms with Gasteiger partial charge in [-0.1, -0.05) is 15.9 Å². The summed E-state index contributed by atoms with van der Waals surface area (Å²) >= 11 is 3.29. The molecule has 0 amide bonds. The second-order valence-electron chi connectivity index (χ2n) is 4.04. The van der Waals surface area contributed by atoms with E-state index in [1.807, 2.05) is 25.3 Å². The first-order chi connectivity index (χ1) is 8.10. The SMILES string of the molecule is Cc1c(CN)ccn1Cc1cc(F)cc(Br)c1. The lowest BCUT2D eigenvalue weighted by Crippen LogP contribution is -2.03. The molecule has 0 saturated heterocycles. The van der Waals surface area contributed by atoms with Gasteiger partial charge in [-0.15, -0.1) is 0 Å². The maximum atomic E-state index is 13.2. The van der Waals surface area contributed by atoms with E-state index in [9.17, 15) is 4.39 Å². The van der Waals surface area contributed by atoms with E-state index in [1.54, 1.807) is 6.07 Å². The fourth-order valence-corrected chi connectivity index (χ4v) is 2.40. The number of hydrogen-bond donors (Lipinski definition) is 1. The molecule has 2 rings (SSSR count). The standard InChI is InChI=1S/C13H14BrFN2/c1-9-11(7-16)2-3-17(9)8-10-4-12(14)6-13(15)5-10/h2-6H,7-8,16H2,1H3.